The molecule has 71 heavy (non-hydrogen) atoms. The van der Waals surface area contributed by atoms with Crippen LogP contribution in [-0.4, -0.2) is 74.3 Å². The van der Waals surface area contributed by atoms with E-state index < -0.39 is 20.0 Å². The number of hydrogen-bond donors (Lipinski definition) is 2. The lowest BCUT2D eigenvalue weighted by Gasteiger charge is -2.27. The van der Waals surface area contributed by atoms with E-state index in [1.165, 1.54) is 122 Å². The summed E-state index contributed by atoms with van der Waals surface area (Å²) in [6.07, 6.45) is 65.9. The van der Waals surface area contributed by atoms with Crippen LogP contribution in [0.3, 0.4) is 0 Å². The molecule has 0 aliphatic heterocycles. The summed E-state index contributed by atoms with van der Waals surface area (Å²) in [6.45, 7) is 6.83. The average molecular weight is 1010 g/mol. The molecule has 0 saturated carbocycles. The molecule has 1 amide bonds. The lowest BCUT2D eigenvalue weighted by atomic mass is 10.0. The van der Waals surface area contributed by atoms with Gasteiger partial charge in [-0.15, -0.1) is 0 Å². The second-order valence-corrected chi connectivity index (χ2v) is 21.9. The second kappa shape index (κ2) is 50.7. The van der Waals surface area contributed by atoms with Gasteiger partial charge in [-0.05, 0) is 70.3 Å². The van der Waals surface area contributed by atoms with Crippen LogP contribution in [0.15, 0.2) is 85.1 Å². The Morgan fingerprint density at radius 3 is 1.35 bits per heavy atom. The van der Waals surface area contributed by atoms with Gasteiger partial charge < -0.3 is 19.4 Å². The monoisotopic (exact) mass is 1010 g/mol. The highest BCUT2D eigenvalue weighted by Crippen LogP contribution is 2.43. The third-order valence-corrected chi connectivity index (χ3v) is 13.3. The van der Waals surface area contributed by atoms with Gasteiger partial charge >= 0.3 is 13.8 Å². The number of nitrogens with zero attached hydrogens (tertiary/aromatic N) is 1. The Morgan fingerprint density at radius 1 is 0.507 bits per heavy atom. The fourth-order valence-corrected chi connectivity index (χ4v) is 8.64. The van der Waals surface area contributed by atoms with Crippen LogP contribution in [0.1, 0.15) is 239 Å². The number of carbonyl (C=O) groups excluding carboxylic acids is 2. The fraction of sp³-hybridized carbons (Fsp3) is 0.738. The molecule has 0 radical (unpaired) electrons. The first-order chi connectivity index (χ1) is 34.4. The molecule has 0 aromatic rings. The van der Waals surface area contributed by atoms with Crippen molar-refractivity contribution in [3.8, 4) is 0 Å². The van der Waals surface area contributed by atoms with Gasteiger partial charge in [-0.25, -0.2) is 4.57 Å². The molecule has 2 N–H and O–H groups in total. The molecule has 0 heterocycles. The van der Waals surface area contributed by atoms with E-state index in [1.54, 1.807) is 0 Å². The zero-order valence-corrected chi connectivity index (χ0v) is 47.6. The van der Waals surface area contributed by atoms with Crippen LogP contribution in [0.4, 0.5) is 0 Å². The molecule has 10 heteroatoms. The molecular formula is C61H110N2O7P+. The topological polar surface area (TPSA) is 111 Å². The van der Waals surface area contributed by atoms with Crippen molar-refractivity contribution in [2.24, 2.45) is 0 Å². The maximum atomic E-state index is 13.5. The summed E-state index contributed by atoms with van der Waals surface area (Å²) in [5, 5.41) is 3.00. The standard InChI is InChI=1S/C61H109N2O7P/c1-7-10-13-16-19-22-25-28-29-30-31-32-33-36-38-41-44-47-50-53-60(64)62-58(57-69-71(66,67)68-56-55-63(4,5)6)59(52-49-46-43-40-37-34-26-23-20-17-14-11-8-2)70-61(65)54-51-48-45-42-39-35-27-24-21-18-15-12-9-3/h10,13,19,22,28-29,31-32,36,38,44,47,49,52,58-59H,7-9,11-12,14-18,20-21,23-27,30,33-35,37,39-43,45-46,48,50-51,53-57H2,1-6H3,(H-,62,64,66,67)/p+1/b13-10-,22-19-,29-28-,32-31-,38-36-,47-44-,52-49-. The molecule has 0 spiro atoms. The normalized spacial score (nSPS) is 14.4. The van der Waals surface area contributed by atoms with Crippen LogP contribution < -0.4 is 5.32 Å². The van der Waals surface area contributed by atoms with Crippen molar-refractivity contribution in [1.82, 2.24) is 5.32 Å². The number of nitrogens with one attached hydrogen (secondary N) is 1. The Hall–Kier alpha value is -2.81. The largest absolute Gasteiger partial charge is 0.472 e. The number of hydrogen-bond acceptors (Lipinski definition) is 6. The number of rotatable bonds is 51. The molecule has 0 saturated heterocycles. The lowest BCUT2D eigenvalue weighted by Crippen LogP contribution is -2.47. The SMILES string of the molecule is CC/C=C\C/C=C\C/C=C\C/C=C\C/C=C\C/C=C\CCC(=O)NC(COP(=O)(O)OCC[N+](C)(C)C)C(/C=C\CCCCCCCCCCCCC)OC(=O)CCCCCCCCCCCCCCC. The molecule has 0 aliphatic carbocycles. The Kier molecular flexibility index (Phi) is 48.7. The number of amides is 1. The van der Waals surface area contributed by atoms with Crippen molar-refractivity contribution < 1.29 is 37.3 Å². The van der Waals surface area contributed by atoms with Crippen LogP contribution in [0.25, 0.3) is 0 Å². The van der Waals surface area contributed by atoms with Crippen LogP contribution in [0, 0.1) is 0 Å². The van der Waals surface area contributed by atoms with E-state index in [9.17, 15) is 19.0 Å². The second-order valence-electron chi connectivity index (χ2n) is 20.4. The summed E-state index contributed by atoms with van der Waals surface area (Å²) in [6, 6.07) is -0.889. The molecule has 0 aromatic heterocycles. The fourth-order valence-electron chi connectivity index (χ4n) is 7.90. The number of carbonyl (C=O) groups is 2. The molecule has 0 bridgehead atoms. The van der Waals surface area contributed by atoms with Crippen LogP contribution in [0.2, 0.25) is 0 Å². The summed E-state index contributed by atoms with van der Waals surface area (Å²) in [7, 11) is 1.44. The van der Waals surface area contributed by atoms with Crippen LogP contribution in [-0.2, 0) is 27.9 Å². The molecule has 410 valence electrons. The first-order valence-electron chi connectivity index (χ1n) is 28.9. The predicted molar refractivity (Wildman–Crippen MR) is 304 cm³/mol. The quantitative estimate of drug-likeness (QED) is 0.0205. The Bertz CT molecular complexity index is 1490. The number of ether oxygens (including phenoxy) is 1. The number of allylic oxidation sites excluding steroid dienone is 13. The van der Waals surface area contributed by atoms with E-state index in [0.717, 1.165) is 77.0 Å². The van der Waals surface area contributed by atoms with Gasteiger partial charge in [0.2, 0.25) is 5.91 Å². The van der Waals surface area contributed by atoms with Crippen LogP contribution in [0.5, 0.6) is 0 Å². The van der Waals surface area contributed by atoms with E-state index >= 15 is 0 Å². The van der Waals surface area contributed by atoms with Gasteiger partial charge in [0, 0.05) is 12.8 Å². The van der Waals surface area contributed by atoms with Crippen molar-refractivity contribution in [3.05, 3.63) is 85.1 Å². The van der Waals surface area contributed by atoms with Gasteiger partial charge in [-0.3, -0.25) is 18.6 Å². The highest BCUT2D eigenvalue weighted by Gasteiger charge is 2.30. The van der Waals surface area contributed by atoms with Crippen molar-refractivity contribution >= 4 is 19.7 Å². The highest BCUT2D eigenvalue weighted by atomic mass is 31.2. The Balaban J connectivity index is 5.48. The third kappa shape index (κ3) is 51.9. The molecule has 0 rings (SSSR count). The molecular weight excluding hydrogens is 904 g/mol. The zero-order chi connectivity index (χ0) is 52.2. The van der Waals surface area contributed by atoms with E-state index in [2.05, 4.69) is 92.9 Å². The number of quaternary nitrogens is 1. The number of phosphoric acid groups is 1. The predicted octanol–water partition coefficient (Wildman–Crippen LogP) is 17.4. The van der Waals surface area contributed by atoms with Crippen molar-refractivity contribution in [2.75, 3.05) is 40.9 Å². The van der Waals surface area contributed by atoms with Crippen molar-refractivity contribution in [1.29, 1.82) is 0 Å². The van der Waals surface area contributed by atoms with Crippen LogP contribution >= 0.6 is 7.82 Å². The zero-order valence-electron chi connectivity index (χ0n) is 46.7. The minimum absolute atomic E-state index is 0.0245. The lowest BCUT2D eigenvalue weighted by molar-refractivity contribution is -0.870. The smallest absolute Gasteiger partial charge is 0.456 e. The summed E-state index contributed by atoms with van der Waals surface area (Å²) in [5.41, 5.74) is 0. The van der Waals surface area contributed by atoms with Gasteiger partial charge in [0.05, 0.1) is 33.8 Å². The molecule has 0 fully saturated rings. The number of esters is 1. The maximum Gasteiger partial charge on any atom is 0.472 e. The first kappa shape index (κ1) is 68.2. The first-order valence-corrected chi connectivity index (χ1v) is 30.4. The van der Waals surface area contributed by atoms with E-state index in [4.69, 9.17) is 13.8 Å². The summed E-state index contributed by atoms with van der Waals surface area (Å²) in [5.74, 6) is -0.603. The molecule has 9 nitrogen and oxygen atoms in total. The minimum Gasteiger partial charge on any atom is -0.456 e. The van der Waals surface area contributed by atoms with Gasteiger partial charge in [-0.2, -0.15) is 0 Å². The summed E-state index contributed by atoms with van der Waals surface area (Å²) in [4.78, 5) is 37.5. The van der Waals surface area contributed by atoms with E-state index in [-0.39, 0.29) is 37.9 Å². The molecule has 3 atom stereocenters. The number of phosphoric ester groups is 1. The maximum absolute atomic E-state index is 13.5. The van der Waals surface area contributed by atoms with Crippen molar-refractivity contribution in [2.45, 2.75) is 251 Å². The molecule has 0 aromatic carbocycles. The summed E-state index contributed by atoms with van der Waals surface area (Å²) < 4.78 is 30.6. The molecule has 0 aliphatic rings. The van der Waals surface area contributed by atoms with E-state index in [1.807, 2.05) is 39.4 Å². The highest BCUT2D eigenvalue weighted by molar-refractivity contribution is 7.47. The molecule has 3 unspecified atom stereocenters. The van der Waals surface area contributed by atoms with E-state index in [0.29, 0.717) is 17.4 Å². The minimum atomic E-state index is -4.47. The summed E-state index contributed by atoms with van der Waals surface area (Å²) >= 11 is 0. The third-order valence-electron chi connectivity index (χ3n) is 12.4. The number of unbranched alkanes of at least 4 members (excludes halogenated alkanes) is 23. The van der Waals surface area contributed by atoms with Gasteiger partial charge in [0.15, 0.2) is 0 Å². The van der Waals surface area contributed by atoms with Crippen molar-refractivity contribution in [3.63, 3.8) is 0 Å². The average Bonchev–Trinajstić information content (AvgIpc) is 3.33. The number of likely N-dealkylation sites (N-methyl/N-ethyl adjacent to an activating group) is 1. The Morgan fingerprint density at radius 2 is 0.915 bits per heavy atom. The van der Waals surface area contributed by atoms with Gasteiger partial charge in [0.25, 0.3) is 0 Å². The van der Waals surface area contributed by atoms with Gasteiger partial charge in [0.1, 0.15) is 19.3 Å². The van der Waals surface area contributed by atoms with Gasteiger partial charge in [-0.1, -0.05) is 241 Å². The Labute approximate surface area is 437 Å².